The quantitative estimate of drug-likeness (QED) is 0.906. The topological polar surface area (TPSA) is 32.5 Å². The summed E-state index contributed by atoms with van der Waals surface area (Å²) < 4.78 is 0. The highest BCUT2D eigenvalue weighted by Gasteiger charge is 2.31. The Balaban J connectivity index is 2.22. The first-order chi connectivity index (χ1) is 9.52. The van der Waals surface area contributed by atoms with E-state index in [1.165, 1.54) is 24.0 Å². The highest BCUT2D eigenvalue weighted by Crippen LogP contribution is 2.31. The van der Waals surface area contributed by atoms with E-state index in [1.54, 1.807) is 0 Å². The highest BCUT2D eigenvalue weighted by atomic mass is 35.5. The summed E-state index contributed by atoms with van der Waals surface area (Å²) in [5.41, 5.74) is 8.66. The van der Waals surface area contributed by atoms with E-state index < -0.39 is 0 Å². The average Bonchev–Trinajstić information content (AvgIpc) is 2.80. The zero-order valence-electron chi connectivity index (χ0n) is 12.8. The Morgan fingerprint density at radius 2 is 2.20 bits per heavy atom. The van der Waals surface area contributed by atoms with Crippen LogP contribution in [0.2, 0.25) is 5.02 Å². The van der Waals surface area contributed by atoms with Crippen LogP contribution in [0.3, 0.4) is 0 Å². The van der Waals surface area contributed by atoms with Crippen LogP contribution in [0, 0.1) is 6.92 Å². The molecule has 112 valence electrons. The van der Waals surface area contributed by atoms with Crippen LogP contribution in [0.5, 0.6) is 0 Å². The van der Waals surface area contributed by atoms with Gasteiger partial charge in [0, 0.05) is 30.2 Å². The lowest BCUT2D eigenvalue weighted by Gasteiger charge is -2.34. The van der Waals surface area contributed by atoms with E-state index in [1.807, 2.05) is 12.1 Å². The van der Waals surface area contributed by atoms with Crippen LogP contribution in [0.25, 0.3) is 0 Å². The lowest BCUT2D eigenvalue weighted by Crippen LogP contribution is -2.42. The molecule has 1 aliphatic rings. The minimum atomic E-state index is 0.305. The molecule has 0 bridgehead atoms. The standard InChI is InChI=1S/C16H26ClN3/c1-12-9-13(17)6-7-15(12)16(10-18)20-8-4-5-14(20)11-19(2)3/h6-7,9,14,16H,4-5,8,10-11,18H2,1-3H3. The number of likely N-dealkylation sites (N-methyl/N-ethyl adjacent to an activating group) is 1. The molecule has 20 heavy (non-hydrogen) atoms. The van der Waals surface area contributed by atoms with Gasteiger partial charge in [0.25, 0.3) is 0 Å². The lowest BCUT2D eigenvalue weighted by molar-refractivity contribution is 0.155. The molecule has 1 aromatic rings. The van der Waals surface area contributed by atoms with Crippen molar-refractivity contribution in [2.75, 3.05) is 33.7 Å². The molecular weight excluding hydrogens is 270 g/mol. The maximum atomic E-state index is 6.10. The molecular formula is C16H26ClN3. The van der Waals surface area contributed by atoms with Gasteiger partial charge >= 0.3 is 0 Å². The Labute approximate surface area is 127 Å². The summed E-state index contributed by atoms with van der Waals surface area (Å²) in [5.74, 6) is 0. The van der Waals surface area contributed by atoms with Gasteiger partial charge in [-0.25, -0.2) is 0 Å². The van der Waals surface area contributed by atoms with Gasteiger partial charge in [-0.3, -0.25) is 4.90 Å². The van der Waals surface area contributed by atoms with Gasteiger partial charge in [-0.2, -0.15) is 0 Å². The second kappa shape index (κ2) is 6.90. The minimum absolute atomic E-state index is 0.305. The Hall–Kier alpha value is -0.610. The maximum Gasteiger partial charge on any atom is 0.0476 e. The molecule has 0 saturated carbocycles. The van der Waals surface area contributed by atoms with Gasteiger partial charge in [-0.05, 0) is 63.7 Å². The van der Waals surface area contributed by atoms with Crippen molar-refractivity contribution in [2.45, 2.75) is 31.8 Å². The molecule has 1 fully saturated rings. The first-order valence-corrected chi connectivity index (χ1v) is 7.77. The molecule has 0 amide bonds. The fourth-order valence-electron chi connectivity index (χ4n) is 3.34. The Kier molecular flexibility index (Phi) is 5.44. The third kappa shape index (κ3) is 3.53. The van der Waals surface area contributed by atoms with E-state index >= 15 is 0 Å². The second-order valence-corrected chi connectivity index (χ2v) is 6.48. The SMILES string of the molecule is Cc1cc(Cl)ccc1C(CN)N1CCCC1CN(C)C. The van der Waals surface area contributed by atoms with Gasteiger partial charge in [-0.1, -0.05) is 17.7 Å². The fraction of sp³-hybridized carbons (Fsp3) is 0.625. The van der Waals surface area contributed by atoms with Crippen molar-refractivity contribution in [3.63, 3.8) is 0 Å². The predicted octanol–water partition coefficient (Wildman–Crippen LogP) is 2.67. The molecule has 3 nitrogen and oxygen atoms in total. The molecule has 0 aromatic heterocycles. The van der Waals surface area contributed by atoms with Crippen molar-refractivity contribution >= 4 is 11.6 Å². The van der Waals surface area contributed by atoms with Crippen LogP contribution in [0.4, 0.5) is 0 Å². The molecule has 1 aliphatic heterocycles. The number of hydrogen-bond acceptors (Lipinski definition) is 3. The normalized spacial score (nSPS) is 21.6. The summed E-state index contributed by atoms with van der Waals surface area (Å²) in [4.78, 5) is 4.85. The molecule has 2 rings (SSSR count). The molecule has 1 saturated heterocycles. The summed E-state index contributed by atoms with van der Waals surface area (Å²) in [6.07, 6.45) is 2.53. The molecule has 1 aromatic carbocycles. The summed E-state index contributed by atoms with van der Waals surface area (Å²) in [5, 5.41) is 0.799. The smallest absolute Gasteiger partial charge is 0.0476 e. The maximum absolute atomic E-state index is 6.10. The first-order valence-electron chi connectivity index (χ1n) is 7.39. The van der Waals surface area contributed by atoms with Crippen molar-refractivity contribution < 1.29 is 0 Å². The summed E-state index contributed by atoms with van der Waals surface area (Å²) in [7, 11) is 4.28. The van der Waals surface area contributed by atoms with Crippen LogP contribution in [0.15, 0.2) is 18.2 Å². The van der Waals surface area contributed by atoms with Gasteiger partial charge in [0.05, 0.1) is 0 Å². The van der Waals surface area contributed by atoms with Gasteiger partial charge in [0.1, 0.15) is 0 Å². The van der Waals surface area contributed by atoms with Crippen LogP contribution >= 0.6 is 11.6 Å². The monoisotopic (exact) mass is 295 g/mol. The van der Waals surface area contributed by atoms with Crippen molar-refractivity contribution in [3.05, 3.63) is 34.3 Å². The van der Waals surface area contributed by atoms with Gasteiger partial charge < -0.3 is 10.6 Å². The number of likely N-dealkylation sites (tertiary alicyclic amines) is 1. The minimum Gasteiger partial charge on any atom is -0.329 e. The van der Waals surface area contributed by atoms with Crippen LogP contribution in [-0.2, 0) is 0 Å². The number of nitrogens with zero attached hydrogens (tertiary/aromatic N) is 2. The Morgan fingerprint density at radius 1 is 1.45 bits per heavy atom. The summed E-state index contributed by atoms with van der Waals surface area (Å²) in [6.45, 7) is 5.03. The summed E-state index contributed by atoms with van der Waals surface area (Å²) >= 11 is 6.07. The van der Waals surface area contributed by atoms with Crippen LogP contribution < -0.4 is 5.73 Å². The highest BCUT2D eigenvalue weighted by molar-refractivity contribution is 6.30. The fourth-order valence-corrected chi connectivity index (χ4v) is 3.57. The van der Waals surface area contributed by atoms with Crippen molar-refractivity contribution in [1.82, 2.24) is 9.80 Å². The number of hydrogen-bond donors (Lipinski definition) is 1. The van der Waals surface area contributed by atoms with Gasteiger partial charge in [-0.15, -0.1) is 0 Å². The number of benzene rings is 1. The Bertz CT molecular complexity index is 447. The molecule has 4 heteroatoms. The largest absolute Gasteiger partial charge is 0.329 e. The van der Waals surface area contributed by atoms with E-state index in [4.69, 9.17) is 17.3 Å². The molecule has 1 heterocycles. The zero-order chi connectivity index (χ0) is 14.7. The molecule has 2 N–H and O–H groups in total. The van der Waals surface area contributed by atoms with E-state index in [9.17, 15) is 0 Å². The van der Waals surface area contributed by atoms with E-state index in [-0.39, 0.29) is 0 Å². The average molecular weight is 296 g/mol. The molecule has 0 radical (unpaired) electrons. The molecule has 2 atom stereocenters. The van der Waals surface area contributed by atoms with Crippen molar-refractivity contribution in [1.29, 1.82) is 0 Å². The van der Waals surface area contributed by atoms with Gasteiger partial charge in [0.2, 0.25) is 0 Å². The van der Waals surface area contributed by atoms with E-state index in [0.717, 1.165) is 18.1 Å². The first kappa shape index (κ1) is 15.8. The van der Waals surface area contributed by atoms with E-state index in [2.05, 4.69) is 36.9 Å². The number of nitrogens with two attached hydrogens (primary N) is 1. The second-order valence-electron chi connectivity index (χ2n) is 6.05. The molecule has 0 spiro atoms. The Morgan fingerprint density at radius 3 is 2.80 bits per heavy atom. The van der Waals surface area contributed by atoms with E-state index in [0.29, 0.717) is 18.6 Å². The van der Waals surface area contributed by atoms with Crippen LogP contribution in [0.1, 0.15) is 30.0 Å². The zero-order valence-corrected chi connectivity index (χ0v) is 13.5. The lowest BCUT2D eigenvalue weighted by atomic mass is 9.99. The number of rotatable bonds is 5. The number of aryl methyl sites for hydroxylation is 1. The third-order valence-corrected chi connectivity index (χ3v) is 4.45. The van der Waals surface area contributed by atoms with Crippen LogP contribution in [-0.4, -0.2) is 49.6 Å². The van der Waals surface area contributed by atoms with Crippen molar-refractivity contribution in [2.24, 2.45) is 5.73 Å². The predicted molar refractivity (Wildman–Crippen MR) is 86.3 cm³/mol. The molecule has 0 aliphatic carbocycles. The third-order valence-electron chi connectivity index (χ3n) is 4.21. The molecule has 2 unspecified atom stereocenters. The van der Waals surface area contributed by atoms with Gasteiger partial charge in [0.15, 0.2) is 0 Å². The summed E-state index contributed by atoms with van der Waals surface area (Å²) in [6, 6.07) is 7.06. The van der Waals surface area contributed by atoms with Crippen molar-refractivity contribution in [3.8, 4) is 0 Å². The number of halogens is 1.